The van der Waals surface area contributed by atoms with E-state index in [4.69, 9.17) is 5.73 Å². The molecule has 2 amide bonds. The highest BCUT2D eigenvalue weighted by Gasteiger charge is 2.24. The highest BCUT2D eigenvalue weighted by Crippen LogP contribution is 2.18. The fourth-order valence-electron chi connectivity index (χ4n) is 2.92. The Balaban J connectivity index is 2.03. The summed E-state index contributed by atoms with van der Waals surface area (Å²) in [7, 11) is 0. The molecule has 116 valence electrons. The van der Waals surface area contributed by atoms with Gasteiger partial charge in [-0.3, -0.25) is 0 Å². The number of hydrogen-bond acceptors (Lipinski definition) is 2. The Morgan fingerprint density at radius 1 is 1.38 bits per heavy atom. The number of anilines is 1. The maximum Gasteiger partial charge on any atom is 0.320 e. The van der Waals surface area contributed by atoms with Crippen LogP contribution in [0.15, 0.2) is 24.3 Å². The van der Waals surface area contributed by atoms with Crippen molar-refractivity contribution in [3.05, 3.63) is 29.8 Å². The molecular weight excluding hydrogens is 262 g/mol. The molecule has 2 rings (SSSR count). The van der Waals surface area contributed by atoms with E-state index in [1.165, 1.54) is 6.42 Å². The molecule has 1 atom stereocenters. The van der Waals surface area contributed by atoms with Crippen LogP contribution in [0.3, 0.4) is 0 Å². The highest BCUT2D eigenvalue weighted by molar-refractivity contribution is 5.74. The van der Waals surface area contributed by atoms with Crippen molar-refractivity contribution in [3.63, 3.8) is 0 Å². The smallest absolute Gasteiger partial charge is 0.320 e. The first kappa shape index (κ1) is 15.7. The Morgan fingerprint density at radius 2 is 2.10 bits per heavy atom. The van der Waals surface area contributed by atoms with Crippen LogP contribution in [0.25, 0.3) is 0 Å². The van der Waals surface area contributed by atoms with E-state index in [-0.39, 0.29) is 6.03 Å². The third-order valence-electron chi connectivity index (χ3n) is 4.04. The number of hydrogen-bond donors (Lipinski definition) is 1. The molecule has 1 aromatic carbocycles. The molecule has 1 aliphatic rings. The van der Waals surface area contributed by atoms with Gasteiger partial charge in [-0.1, -0.05) is 26.0 Å². The zero-order valence-electron chi connectivity index (χ0n) is 13.2. The standard InChI is InChI=1S/C17H27N3O/c1-3-10-19(13-15-6-8-16(18)9-7-15)17(21)20-11-4-5-14(2)12-20/h6-9,14H,3-5,10-13,18H2,1-2H3. The van der Waals surface area contributed by atoms with Crippen LogP contribution < -0.4 is 5.73 Å². The van der Waals surface area contributed by atoms with E-state index in [9.17, 15) is 4.79 Å². The SMILES string of the molecule is CCCN(Cc1ccc(N)cc1)C(=O)N1CCCC(C)C1. The average Bonchev–Trinajstić information content (AvgIpc) is 2.48. The number of carbonyl (C=O) groups is 1. The fourth-order valence-corrected chi connectivity index (χ4v) is 2.92. The summed E-state index contributed by atoms with van der Waals surface area (Å²) in [4.78, 5) is 16.7. The number of amides is 2. The van der Waals surface area contributed by atoms with Gasteiger partial charge in [-0.25, -0.2) is 4.79 Å². The van der Waals surface area contributed by atoms with E-state index in [1.54, 1.807) is 0 Å². The molecule has 2 N–H and O–H groups in total. The molecule has 1 aromatic rings. The molecule has 4 heteroatoms. The van der Waals surface area contributed by atoms with Gasteiger partial charge in [0.1, 0.15) is 0 Å². The minimum absolute atomic E-state index is 0.181. The Hall–Kier alpha value is -1.71. The van der Waals surface area contributed by atoms with E-state index in [0.29, 0.717) is 12.5 Å². The summed E-state index contributed by atoms with van der Waals surface area (Å²) in [6, 6.07) is 7.98. The van der Waals surface area contributed by atoms with Gasteiger partial charge >= 0.3 is 6.03 Å². The Kier molecular flexibility index (Phi) is 5.48. The number of nitrogens with two attached hydrogens (primary N) is 1. The maximum absolute atomic E-state index is 12.7. The second kappa shape index (κ2) is 7.34. The molecule has 1 saturated heterocycles. The number of piperidine rings is 1. The van der Waals surface area contributed by atoms with Crippen molar-refractivity contribution < 1.29 is 4.79 Å². The first-order chi connectivity index (χ1) is 10.1. The summed E-state index contributed by atoms with van der Waals surface area (Å²) in [5.74, 6) is 0.614. The van der Waals surface area contributed by atoms with Crippen molar-refractivity contribution in [2.75, 3.05) is 25.4 Å². The topological polar surface area (TPSA) is 49.6 Å². The van der Waals surface area contributed by atoms with Gasteiger partial charge in [0, 0.05) is 31.9 Å². The molecule has 0 saturated carbocycles. The van der Waals surface area contributed by atoms with Gasteiger partial charge in [0.25, 0.3) is 0 Å². The van der Waals surface area contributed by atoms with Gasteiger partial charge in [0.15, 0.2) is 0 Å². The van der Waals surface area contributed by atoms with Crippen molar-refractivity contribution >= 4 is 11.7 Å². The fraction of sp³-hybridized carbons (Fsp3) is 0.588. The molecule has 0 aliphatic carbocycles. The maximum atomic E-state index is 12.7. The lowest BCUT2D eigenvalue weighted by Gasteiger charge is -2.35. The summed E-state index contributed by atoms with van der Waals surface area (Å²) in [6.45, 7) is 7.59. The lowest BCUT2D eigenvalue weighted by molar-refractivity contribution is 0.129. The summed E-state index contributed by atoms with van der Waals surface area (Å²) in [6.07, 6.45) is 3.33. The molecule has 1 aliphatic heterocycles. The van der Waals surface area contributed by atoms with E-state index in [0.717, 1.165) is 43.7 Å². The molecule has 1 heterocycles. The molecule has 4 nitrogen and oxygen atoms in total. The number of likely N-dealkylation sites (tertiary alicyclic amines) is 1. The molecule has 21 heavy (non-hydrogen) atoms. The van der Waals surface area contributed by atoms with Crippen molar-refractivity contribution in [2.45, 2.75) is 39.7 Å². The predicted octanol–water partition coefficient (Wildman–Crippen LogP) is 3.33. The molecule has 1 unspecified atom stereocenters. The van der Waals surface area contributed by atoms with Gasteiger partial charge in [-0.2, -0.15) is 0 Å². The van der Waals surface area contributed by atoms with E-state index in [2.05, 4.69) is 13.8 Å². The molecule has 0 radical (unpaired) electrons. The van der Waals surface area contributed by atoms with Crippen LogP contribution in [0.5, 0.6) is 0 Å². The minimum atomic E-state index is 0.181. The van der Waals surface area contributed by atoms with E-state index in [1.807, 2.05) is 34.1 Å². The van der Waals surface area contributed by atoms with Crippen molar-refractivity contribution in [1.29, 1.82) is 0 Å². The van der Waals surface area contributed by atoms with Crippen LogP contribution in [-0.4, -0.2) is 35.5 Å². The monoisotopic (exact) mass is 289 g/mol. The second-order valence-electron chi connectivity index (χ2n) is 6.14. The average molecular weight is 289 g/mol. The van der Waals surface area contributed by atoms with Crippen LogP contribution >= 0.6 is 0 Å². The number of benzene rings is 1. The van der Waals surface area contributed by atoms with Crippen LogP contribution in [0.1, 0.15) is 38.7 Å². The Bertz CT molecular complexity index is 458. The second-order valence-corrected chi connectivity index (χ2v) is 6.14. The lowest BCUT2D eigenvalue weighted by atomic mass is 10.0. The van der Waals surface area contributed by atoms with Gasteiger partial charge in [0.2, 0.25) is 0 Å². The van der Waals surface area contributed by atoms with Crippen LogP contribution in [0, 0.1) is 5.92 Å². The van der Waals surface area contributed by atoms with Crippen molar-refractivity contribution in [2.24, 2.45) is 5.92 Å². The van der Waals surface area contributed by atoms with Crippen LogP contribution in [0.4, 0.5) is 10.5 Å². The highest BCUT2D eigenvalue weighted by atomic mass is 16.2. The van der Waals surface area contributed by atoms with Crippen molar-refractivity contribution in [1.82, 2.24) is 9.80 Å². The molecule has 1 fully saturated rings. The number of rotatable bonds is 4. The molecule has 0 bridgehead atoms. The van der Waals surface area contributed by atoms with Gasteiger partial charge < -0.3 is 15.5 Å². The quantitative estimate of drug-likeness (QED) is 0.864. The first-order valence-corrected chi connectivity index (χ1v) is 7.98. The Morgan fingerprint density at radius 3 is 2.71 bits per heavy atom. The first-order valence-electron chi connectivity index (χ1n) is 7.98. The number of carbonyl (C=O) groups excluding carboxylic acids is 1. The van der Waals surface area contributed by atoms with Crippen LogP contribution in [0.2, 0.25) is 0 Å². The normalized spacial score (nSPS) is 18.6. The predicted molar refractivity (Wildman–Crippen MR) is 86.9 cm³/mol. The zero-order valence-corrected chi connectivity index (χ0v) is 13.2. The molecular formula is C17H27N3O. The molecule has 0 aromatic heterocycles. The largest absolute Gasteiger partial charge is 0.399 e. The van der Waals surface area contributed by atoms with Gasteiger partial charge in [-0.15, -0.1) is 0 Å². The summed E-state index contributed by atoms with van der Waals surface area (Å²) in [5.41, 5.74) is 7.62. The summed E-state index contributed by atoms with van der Waals surface area (Å²) >= 11 is 0. The zero-order chi connectivity index (χ0) is 15.2. The summed E-state index contributed by atoms with van der Waals surface area (Å²) < 4.78 is 0. The van der Waals surface area contributed by atoms with E-state index >= 15 is 0 Å². The van der Waals surface area contributed by atoms with Gasteiger partial charge in [-0.05, 0) is 42.9 Å². The minimum Gasteiger partial charge on any atom is -0.399 e. The summed E-state index contributed by atoms with van der Waals surface area (Å²) in [5, 5.41) is 0. The third kappa shape index (κ3) is 4.38. The van der Waals surface area contributed by atoms with Crippen molar-refractivity contribution in [3.8, 4) is 0 Å². The third-order valence-corrected chi connectivity index (χ3v) is 4.04. The van der Waals surface area contributed by atoms with Crippen LogP contribution in [-0.2, 0) is 6.54 Å². The lowest BCUT2D eigenvalue weighted by Crippen LogP contribution is -2.47. The number of nitrogen functional groups attached to an aromatic ring is 1. The molecule has 0 spiro atoms. The van der Waals surface area contributed by atoms with E-state index < -0.39 is 0 Å². The Labute approximate surface area is 127 Å². The number of nitrogens with zero attached hydrogens (tertiary/aromatic N) is 2. The number of urea groups is 1. The van der Waals surface area contributed by atoms with Gasteiger partial charge in [0.05, 0.1) is 0 Å².